The maximum Gasteiger partial charge on any atom is 0.158 e. The first-order chi connectivity index (χ1) is 13.6. The van der Waals surface area contributed by atoms with Crippen LogP contribution >= 0.6 is 0 Å². The summed E-state index contributed by atoms with van der Waals surface area (Å²) in [5, 5.41) is 12.0. The summed E-state index contributed by atoms with van der Waals surface area (Å²) in [6, 6.07) is 4.42. The number of nitrogens with one attached hydrogen (secondary N) is 3. The van der Waals surface area contributed by atoms with Gasteiger partial charge < -0.3 is 20.5 Å². The molecule has 1 aliphatic rings. The SMILES string of the molecule is COc1cc(F)cc(OCCCN)c1C1CC(Nc2cnc(C#N)cn2)NN1. The summed E-state index contributed by atoms with van der Waals surface area (Å²) in [4.78, 5) is 8.13. The number of methoxy groups -OCH3 is 1. The highest BCUT2D eigenvalue weighted by molar-refractivity contribution is 5.48. The third kappa shape index (κ3) is 4.64. The van der Waals surface area contributed by atoms with Gasteiger partial charge in [-0.2, -0.15) is 5.26 Å². The average molecular weight is 387 g/mol. The van der Waals surface area contributed by atoms with Crippen molar-refractivity contribution in [2.75, 3.05) is 25.6 Å². The lowest BCUT2D eigenvalue weighted by Crippen LogP contribution is -2.36. The van der Waals surface area contributed by atoms with Gasteiger partial charge in [-0.3, -0.25) is 0 Å². The topological polar surface area (TPSA) is 130 Å². The van der Waals surface area contributed by atoms with E-state index in [1.165, 1.54) is 31.6 Å². The number of nitriles is 1. The second-order valence-corrected chi connectivity index (χ2v) is 6.18. The van der Waals surface area contributed by atoms with E-state index in [2.05, 4.69) is 26.1 Å². The fourth-order valence-electron chi connectivity index (χ4n) is 2.94. The van der Waals surface area contributed by atoms with E-state index in [9.17, 15) is 4.39 Å². The minimum Gasteiger partial charge on any atom is -0.496 e. The van der Waals surface area contributed by atoms with Crippen molar-refractivity contribution in [2.45, 2.75) is 25.0 Å². The minimum atomic E-state index is -0.433. The Hall–Kier alpha value is -3.00. The van der Waals surface area contributed by atoms with Gasteiger partial charge in [-0.25, -0.2) is 25.2 Å². The number of aromatic nitrogens is 2. The highest BCUT2D eigenvalue weighted by atomic mass is 19.1. The van der Waals surface area contributed by atoms with Crippen molar-refractivity contribution in [3.63, 3.8) is 0 Å². The number of halogens is 1. The predicted molar refractivity (Wildman–Crippen MR) is 99.9 cm³/mol. The molecule has 9 nitrogen and oxygen atoms in total. The first-order valence-corrected chi connectivity index (χ1v) is 8.84. The lowest BCUT2D eigenvalue weighted by Gasteiger charge is -2.19. The van der Waals surface area contributed by atoms with Crippen LogP contribution in [0.3, 0.4) is 0 Å². The first kappa shape index (κ1) is 19.8. The molecule has 2 heterocycles. The van der Waals surface area contributed by atoms with Gasteiger partial charge in [0.25, 0.3) is 0 Å². The molecule has 1 saturated heterocycles. The standard InChI is InChI=1S/C18H22FN7O2/c1-27-14-5-11(19)6-15(28-4-2-3-20)18(14)13-7-16(26-25-13)24-17-10-22-12(8-21)9-23-17/h5-6,9-10,13,16,25-26H,2-4,7,20H2,1H3,(H,23,24). The van der Waals surface area contributed by atoms with Crippen molar-refractivity contribution in [3.05, 3.63) is 41.6 Å². The molecule has 0 saturated carbocycles. The highest BCUT2D eigenvalue weighted by Crippen LogP contribution is 2.38. The Morgan fingerprint density at radius 2 is 2.14 bits per heavy atom. The Kier molecular flexibility index (Phi) is 6.54. The Morgan fingerprint density at radius 1 is 1.32 bits per heavy atom. The van der Waals surface area contributed by atoms with Gasteiger partial charge in [0.15, 0.2) is 5.69 Å². The van der Waals surface area contributed by atoms with Gasteiger partial charge in [-0.1, -0.05) is 0 Å². The zero-order valence-corrected chi connectivity index (χ0v) is 15.4. The van der Waals surface area contributed by atoms with Crippen molar-refractivity contribution >= 4 is 5.82 Å². The average Bonchev–Trinajstić information content (AvgIpc) is 3.16. The van der Waals surface area contributed by atoms with E-state index in [4.69, 9.17) is 20.5 Å². The molecule has 148 valence electrons. The second kappa shape index (κ2) is 9.27. The summed E-state index contributed by atoms with van der Waals surface area (Å²) in [6.07, 6.45) is 3.99. The minimum absolute atomic E-state index is 0.168. The Morgan fingerprint density at radius 3 is 2.82 bits per heavy atom. The van der Waals surface area contributed by atoms with E-state index >= 15 is 0 Å². The van der Waals surface area contributed by atoms with E-state index in [-0.39, 0.29) is 17.9 Å². The summed E-state index contributed by atoms with van der Waals surface area (Å²) in [7, 11) is 1.49. The van der Waals surface area contributed by atoms with Crippen LogP contribution in [0, 0.1) is 17.1 Å². The van der Waals surface area contributed by atoms with Crippen LogP contribution in [-0.4, -0.2) is 36.4 Å². The van der Waals surface area contributed by atoms with Crippen molar-refractivity contribution in [2.24, 2.45) is 5.73 Å². The van der Waals surface area contributed by atoms with Crippen LogP contribution in [-0.2, 0) is 0 Å². The number of rotatable bonds is 8. The molecule has 2 atom stereocenters. The quantitative estimate of drug-likeness (QED) is 0.494. The normalized spacial score (nSPS) is 18.5. The summed E-state index contributed by atoms with van der Waals surface area (Å²) < 4.78 is 25.1. The largest absolute Gasteiger partial charge is 0.496 e. The van der Waals surface area contributed by atoms with Gasteiger partial charge in [-0.05, 0) is 13.0 Å². The van der Waals surface area contributed by atoms with Gasteiger partial charge >= 0.3 is 0 Å². The van der Waals surface area contributed by atoms with Crippen LogP contribution in [0.1, 0.15) is 30.1 Å². The van der Waals surface area contributed by atoms with E-state index in [0.29, 0.717) is 43.3 Å². The van der Waals surface area contributed by atoms with Crippen LogP contribution in [0.2, 0.25) is 0 Å². The molecule has 28 heavy (non-hydrogen) atoms. The number of hydrogen-bond acceptors (Lipinski definition) is 9. The lowest BCUT2D eigenvalue weighted by molar-refractivity contribution is 0.300. The molecular weight excluding hydrogens is 365 g/mol. The summed E-state index contributed by atoms with van der Waals surface area (Å²) in [5.74, 6) is 0.922. The smallest absolute Gasteiger partial charge is 0.158 e. The van der Waals surface area contributed by atoms with Gasteiger partial charge in [0.1, 0.15) is 29.2 Å². The summed E-state index contributed by atoms with van der Waals surface area (Å²) >= 11 is 0. The molecule has 0 amide bonds. The number of anilines is 1. The van der Waals surface area contributed by atoms with Gasteiger partial charge in [0.05, 0.1) is 43.9 Å². The molecule has 5 N–H and O–H groups in total. The number of nitrogens with two attached hydrogens (primary N) is 1. The maximum absolute atomic E-state index is 13.9. The number of benzene rings is 1. The predicted octanol–water partition coefficient (Wildman–Crippen LogP) is 1.20. The molecule has 1 fully saturated rings. The molecular formula is C18H22FN7O2. The van der Waals surface area contributed by atoms with Crippen molar-refractivity contribution in [1.29, 1.82) is 5.26 Å². The van der Waals surface area contributed by atoms with E-state index in [1.54, 1.807) is 0 Å². The number of ether oxygens (including phenoxy) is 2. The van der Waals surface area contributed by atoms with Gasteiger partial charge in [0.2, 0.25) is 0 Å². The molecule has 0 aliphatic carbocycles. The number of nitrogens with zero attached hydrogens (tertiary/aromatic N) is 3. The fraction of sp³-hybridized carbons (Fsp3) is 0.389. The molecule has 0 spiro atoms. The van der Waals surface area contributed by atoms with E-state index < -0.39 is 5.82 Å². The number of hydrogen-bond donors (Lipinski definition) is 4. The third-order valence-corrected chi connectivity index (χ3v) is 4.23. The number of hydrazine groups is 1. The van der Waals surface area contributed by atoms with Crippen LogP contribution < -0.4 is 31.4 Å². The maximum atomic E-state index is 13.9. The molecule has 0 radical (unpaired) electrons. The fourth-order valence-corrected chi connectivity index (χ4v) is 2.94. The summed E-state index contributed by atoms with van der Waals surface area (Å²) in [6.45, 7) is 0.876. The van der Waals surface area contributed by atoms with E-state index in [0.717, 1.165) is 5.56 Å². The van der Waals surface area contributed by atoms with Gasteiger partial charge in [0, 0.05) is 18.6 Å². The van der Waals surface area contributed by atoms with Crippen LogP contribution in [0.25, 0.3) is 0 Å². The Balaban J connectivity index is 1.74. The molecule has 2 aromatic rings. The molecule has 1 aromatic heterocycles. The van der Waals surface area contributed by atoms with Crippen LogP contribution in [0.4, 0.5) is 10.2 Å². The van der Waals surface area contributed by atoms with Gasteiger partial charge in [-0.15, -0.1) is 0 Å². The van der Waals surface area contributed by atoms with Crippen molar-refractivity contribution in [1.82, 2.24) is 20.8 Å². The first-order valence-electron chi connectivity index (χ1n) is 8.84. The molecule has 2 unspecified atom stereocenters. The third-order valence-electron chi connectivity index (χ3n) is 4.23. The van der Waals surface area contributed by atoms with Crippen LogP contribution in [0.15, 0.2) is 24.5 Å². The van der Waals surface area contributed by atoms with Crippen molar-refractivity contribution < 1.29 is 13.9 Å². The lowest BCUT2D eigenvalue weighted by atomic mass is 10.0. The molecule has 10 heteroatoms. The Bertz CT molecular complexity index is 841. The molecule has 0 bridgehead atoms. The molecule has 1 aliphatic heterocycles. The van der Waals surface area contributed by atoms with Crippen molar-refractivity contribution in [3.8, 4) is 17.6 Å². The highest BCUT2D eigenvalue weighted by Gasteiger charge is 2.30. The zero-order valence-electron chi connectivity index (χ0n) is 15.4. The zero-order chi connectivity index (χ0) is 19.9. The summed E-state index contributed by atoms with van der Waals surface area (Å²) in [5.41, 5.74) is 12.8. The monoisotopic (exact) mass is 387 g/mol. The van der Waals surface area contributed by atoms with E-state index in [1.807, 2.05) is 6.07 Å². The molecule has 3 rings (SSSR count). The Labute approximate surface area is 162 Å². The van der Waals surface area contributed by atoms with Crippen LogP contribution in [0.5, 0.6) is 11.5 Å². The molecule has 1 aromatic carbocycles. The second-order valence-electron chi connectivity index (χ2n) is 6.18.